The predicted octanol–water partition coefficient (Wildman–Crippen LogP) is 2.66. The van der Waals surface area contributed by atoms with Crippen molar-refractivity contribution in [1.82, 2.24) is 10.2 Å². The molecule has 0 aliphatic carbocycles. The van der Waals surface area contributed by atoms with Gasteiger partial charge in [0.05, 0.1) is 0 Å². The highest BCUT2D eigenvalue weighted by Crippen LogP contribution is 2.13. The van der Waals surface area contributed by atoms with E-state index in [4.69, 9.17) is 0 Å². The molecule has 0 aromatic heterocycles. The third-order valence-corrected chi connectivity index (χ3v) is 3.39. The zero-order chi connectivity index (χ0) is 13.5. The minimum Gasteiger partial charge on any atom is -0.342 e. The summed E-state index contributed by atoms with van der Waals surface area (Å²) in [6.07, 6.45) is 4.21. The maximum atomic E-state index is 12.3. The molecule has 0 spiro atoms. The zero-order valence-corrected chi connectivity index (χ0v) is 12.5. The molecule has 1 fully saturated rings. The maximum absolute atomic E-state index is 12.3. The molecule has 1 unspecified atom stereocenters. The van der Waals surface area contributed by atoms with Crippen LogP contribution in [0, 0.1) is 11.8 Å². The highest BCUT2D eigenvalue weighted by Gasteiger charge is 2.19. The Bertz CT molecular complexity index is 235. The highest BCUT2D eigenvalue weighted by molar-refractivity contribution is 5.76. The van der Waals surface area contributed by atoms with Gasteiger partial charge in [-0.25, -0.2) is 0 Å². The van der Waals surface area contributed by atoms with Crippen LogP contribution in [0.1, 0.15) is 53.4 Å². The van der Waals surface area contributed by atoms with Crippen molar-refractivity contribution in [3.8, 4) is 0 Å². The molecule has 1 aliphatic heterocycles. The van der Waals surface area contributed by atoms with Crippen LogP contribution >= 0.6 is 0 Å². The van der Waals surface area contributed by atoms with E-state index < -0.39 is 0 Å². The van der Waals surface area contributed by atoms with E-state index in [-0.39, 0.29) is 0 Å². The molecule has 0 aromatic carbocycles. The lowest BCUT2D eigenvalue weighted by molar-refractivity contribution is -0.132. The third kappa shape index (κ3) is 5.85. The summed E-state index contributed by atoms with van der Waals surface area (Å²) in [6, 6.07) is 0.578. The Morgan fingerprint density at radius 2 is 1.83 bits per heavy atom. The fourth-order valence-electron chi connectivity index (χ4n) is 2.62. The van der Waals surface area contributed by atoms with Crippen LogP contribution in [-0.2, 0) is 4.79 Å². The summed E-state index contributed by atoms with van der Waals surface area (Å²) in [4.78, 5) is 14.3. The SMILES string of the molecule is CC(C)CN(CC(C)C)C(=O)CCC1CCCN1. The molecule has 1 rings (SSSR count). The molecule has 1 heterocycles. The largest absolute Gasteiger partial charge is 0.342 e. The van der Waals surface area contributed by atoms with Gasteiger partial charge in [-0.3, -0.25) is 4.79 Å². The number of hydrogen-bond acceptors (Lipinski definition) is 2. The van der Waals surface area contributed by atoms with Gasteiger partial charge in [0, 0.05) is 25.6 Å². The van der Waals surface area contributed by atoms with Crippen LogP contribution in [-0.4, -0.2) is 36.5 Å². The van der Waals surface area contributed by atoms with Gasteiger partial charge >= 0.3 is 0 Å². The first-order chi connectivity index (χ1) is 8.49. The average Bonchev–Trinajstić information content (AvgIpc) is 2.76. The van der Waals surface area contributed by atoms with Crippen LogP contribution < -0.4 is 5.32 Å². The fraction of sp³-hybridized carbons (Fsp3) is 0.933. The summed E-state index contributed by atoms with van der Waals surface area (Å²) < 4.78 is 0. The van der Waals surface area contributed by atoms with E-state index in [1.165, 1.54) is 12.8 Å². The number of amides is 1. The smallest absolute Gasteiger partial charge is 0.222 e. The molecule has 0 saturated carbocycles. The molecule has 3 nitrogen and oxygen atoms in total. The van der Waals surface area contributed by atoms with E-state index in [2.05, 4.69) is 37.9 Å². The Hall–Kier alpha value is -0.570. The van der Waals surface area contributed by atoms with Gasteiger partial charge < -0.3 is 10.2 Å². The number of hydrogen-bond donors (Lipinski definition) is 1. The second-order valence-electron chi connectivity index (χ2n) is 6.42. The molecule has 18 heavy (non-hydrogen) atoms. The van der Waals surface area contributed by atoms with E-state index in [0.717, 1.165) is 26.1 Å². The summed E-state index contributed by atoms with van der Waals surface area (Å²) in [7, 11) is 0. The Morgan fingerprint density at radius 3 is 2.28 bits per heavy atom. The lowest BCUT2D eigenvalue weighted by atomic mass is 10.1. The molecule has 1 N–H and O–H groups in total. The van der Waals surface area contributed by atoms with Gasteiger partial charge in [-0.1, -0.05) is 27.7 Å². The van der Waals surface area contributed by atoms with Gasteiger partial charge in [-0.05, 0) is 37.6 Å². The van der Waals surface area contributed by atoms with Crippen molar-refractivity contribution in [1.29, 1.82) is 0 Å². The van der Waals surface area contributed by atoms with Gasteiger partial charge in [-0.15, -0.1) is 0 Å². The van der Waals surface area contributed by atoms with Crippen LogP contribution in [0.25, 0.3) is 0 Å². The van der Waals surface area contributed by atoms with Crippen molar-refractivity contribution in [2.75, 3.05) is 19.6 Å². The fourth-order valence-corrected chi connectivity index (χ4v) is 2.62. The number of rotatable bonds is 7. The van der Waals surface area contributed by atoms with E-state index in [1.54, 1.807) is 0 Å². The Morgan fingerprint density at radius 1 is 1.22 bits per heavy atom. The summed E-state index contributed by atoms with van der Waals surface area (Å²) in [5.41, 5.74) is 0. The third-order valence-electron chi connectivity index (χ3n) is 3.39. The topological polar surface area (TPSA) is 32.3 Å². The number of carbonyl (C=O) groups excluding carboxylic acids is 1. The van der Waals surface area contributed by atoms with Crippen molar-refractivity contribution >= 4 is 5.91 Å². The molecule has 1 aliphatic rings. The molecule has 0 aromatic rings. The van der Waals surface area contributed by atoms with Crippen molar-refractivity contribution in [2.45, 2.75) is 59.4 Å². The quantitative estimate of drug-likeness (QED) is 0.757. The molecular formula is C15H30N2O. The van der Waals surface area contributed by atoms with Crippen LogP contribution in [0.15, 0.2) is 0 Å². The average molecular weight is 254 g/mol. The van der Waals surface area contributed by atoms with Crippen LogP contribution in [0.2, 0.25) is 0 Å². The van der Waals surface area contributed by atoms with Gasteiger partial charge in [-0.2, -0.15) is 0 Å². The first kappa shape index (κ1) is 15.5. The van der Waals surface area contributed by atoms with Crippen molar-refractivity contribution in [2.24, 2.45) is 11.8 Å². The monoisotopic (exact) mass is 254 g/mol. The molecule has 0 radical (unpaired) electrons. The van der Waals surface area contributed by atoms with Gasteiger partial charge in [0.25, 0.3) is 0 Å². The lowest BCUT2D eigenvalue weighted by Crippen LogP contribution is -2.37. The van der Waals surface area contributed by atoms with Crippen LogP contribution in [0.3, 0.4) is 0 Å². The highest BCUT2D eigenvalue weighted by atomic mass is 16.2. The number of nitrogens with one attached hydrogen (secondary N) is 1. The summed E-state index contributed by atoms with van der Waals surface area (Å²) >= 11 is 0. The summed E-state index contributed by atoms with van der Waals surface area (Å²) in [6.45, 7) is 11.6. The molecule has 1 amide bonds. The lowest BCUT2D eigenvalue weighted by Gasteiger charge is -2.27. The second-order valence-corrected chi connectivity index (χ2v) is 6.42. The molecule has 3 heteroatoms. The van der Waals surface area contributed by atoms with E-state index in [0.29, 0.717) is 30.2 Å². The minimum absolute atomic E-state index is 0.339. The van der Waals surface area contributed by atoms with E-state index >= 15 is 0 Å². The number of nitrogens with zero attached hydrogens (tertiary/aromatic N) is 1. The van der Waals surface area contributed by atoms with Gasteiger partial charge in [0.1, 0.15) is 0 Å². The summed E-state index contributed by atoms with van der Waals surface area (Å²) in [5, 5.41) is 3.46. The van der Waals surface area contributed by atoms with Crippen molar-refractivity contribution < 1.29 is 4.79 Å². The summed E-state index contributed by atoms with van der Waals surface area (Å²) in [5.74, 6) is 1.45. The Labute approximate surface area is 112 Å². The minimum atomic E-state index is 0.339. The Kier molecular flexibility index (Phi) is 6.69. The van der Waals surface area contributed by atoms with E-state index in [1.807, 2.05) is 0 Å². The first-order valence-electron chi connectivity index (χ1n) is 7.50. The first-order valence-corrected chi connectivity index (χ1v) is 7.50. The maximum Gasteiger partial charge on any atom is 0.222 e. The second kappa shape index (κ2) is 7.78. The van der Waals surface area contributed by atoms with Gasteiger partial charge in [0.15, 0.2) is 0 Å². The standard InChI is InChI=1S/C15H30N2O/c1-12(2)10-17(11-13(3)4)15(18)8-7-14-6-5-9-16-14/h12-14,16H,5-11H2,1-4H3. The normalized spacial score (nSPS) is 19.8. The molecular weight excluding hydrogens is 224 g/mol. The van der Waals surface area contributed by atoms with Gasteiger partial charge in [0.2, 0.25) is 5.91 Å². The molecule has 0 bridgehead atoms. The molecule has 1 saturated heterocycles. The van der Waals surface area contributed by atoms with Crippen molar-refractivity contribution in [3.05, 3.63) is 0 Å². The van der Waals surface area contributed by atoms with Crippen molar-refractivity contribution in [3.63, 3.8) is 0 Å². The molecule has 106 valence electrons. The Balaban J connectivity index is 2.36. The predicted molar refractivity (Wildman–Crippen MR) is 76.5 cm³/mol. The van der Waals surface area contributed by atoms with Crippen LogP contribution in [0.5, 0.6) is 0 Å². The van der Waals surface area contributed by atoms with Crippen LogP contribution in [0.4, 0.5) is 0 Å². The number of carbonyl (C=O) groups is 1. The zero-order valence-electron chi connectivity index (χ0n) is 12.5. The van der Waals surface area contributed by atoms with E-state index in [9.17, 15) is 4.79 Å². The molecule has 1 atom stereocenters.